The molecule has 0 bridgehead atoms. The number of anilines is 3. The van der Waals surface area contributed by atoms with Gasteiger partial charge < -0.3 is 20.9 Å². The number of halogens is 2. The first kappa shape index (κ1) is 26.1. The van der Waals surface area contributed by atoms with E-state index in [0.29, 0.717) is 24.3 Å². The molecule has 0 saturated heterocycles. The van der Waals surface area contributed by atoms with Crippen molar-refractivity contribution in [3.05, 3.63) is 46.5 Å². The first-order valence-electron chi connectivity index (χ1n) is 11.9. The molecule has 5 rings (SSSR count). The van der Waals surface area contributed by atoms with Crippen LogP contribution in [0, 0.1) is 6.92 Å². The number of H-pyrrole nitrogens is 1. The second kappa shape index (κ2) is 12.3. The van der Waals surface area contributed by atoms with Crippen LogP contribution in [0.3, 0.4) is 0 Å². The molecule has 3 aromatic heterocycles. The van der Waals surface area contributed by atoms with Gasteiger partial charge in [0.05, 0.1) is 12.2 Å². The number of alkyl halides is 2. The summed E-state index contributed by atoms with van der Waals surface area (Å²) in [6, 6.07) is 4.35. The normalized spacial score (nSPS) is 18.1. The summed E-state index contributed by atoms with van der Waals surface area (Å²) < 4.78 is 26.1. The smallest absolute Gasteiger partial charge is 0.271 e. The number of amides is 1. The zero-order valence-corrected chi connectivity index (χ0v) is 20.1. The van der Waals surface area contributed by atoms with Gasteiger partial charge in [0.15, 0.2) is 5.65 Å². The number of carbonyl (C=O) groups excluding carboxylic acids is 1. The van der Waals surface area contributed by atoms with E-state index in [1.807, 2.05) is 19.3 Å². The number of nitrogens with one attached hydrogen (secondary N) is 4. The van der Waals surface area contributed by atoms with Gasteiger partial charge in [0.1, 0.15) is 17.3 Å². The molecular weight excluding hydrogens is 456 g/mol. The molecule has 190 valence electrons. The molecule has 0 aromatic carbocycles. The summed E-state index contributed by atoms with van der Waals surface area (Å²) >= 11 is 0. The SMILES string of the molecule is C1CCCCC1.CNc1cc(Nc2ccc[nH]c2=O)nc2c(C)cnn12.O=CNC1CCC1(F)F. The van der Waals surface area contributed by atoms with Gasteiger partial charge >= 0.3 is 0 Å². The van der Waals surface area contributed by atoms with E-state index in [9.17, 15) is 18.4 Å². The molecule has 11 heteroatoms. The summed E-state index contributed by atoms with van der Waals surface area (Å²) in [6.07, 6.45) is 13.0. The van der Waals surface area contributed by atoms with Crippen molar-refractivity contribution in [1.29, 1.82) is 0 Å². The Kier molecular flexibility index (Phi) is 9.16. The number of aromatic nitrogens is 4. The van der Waals surface area contributed by atoms with E-state index < -0.39 is 12.0 Å². The summed E-state index contributed by atoms with van der Waals surface area (Å²) in [4.78, 5) is 28.4. The predicted molar refractivity (Wildman–Crippen MR) is 132 cm³/mol. The minimum absolute atomic E-state index is 0.0987. The van der Waals surface area contributed by atoms with E-state index in [4.69, 9.17) is 0 Å². The van der Waals surface area contributed by atoms with Crippen LogP contribution in [0.2, 0.25) is 0 Å². The van der Waals surface area contributed by atoms with E-state index in [1.165, 1.54) is 38.5 Å². The van der Waals surface area contributed by atoms with Gasteiger partial charge in [-0.05, 0) is 25.5 Å². The van der Waals surface area contributed by atoms with Crippen molar-refractivity contribution < 1.29 is 13.6 Å². The number of carbonyl (C=O) groups is 1. The molecule has 2 aliphatic carbocycles. The quantitative estimate of drug-likeness (QED) is 0.395. The van der Waals surface area contributed by atoms with Crippen LogP contribution < -0.4 is 21.5 Å². The Hall–Kier alpha value is -3.50. The molecule has 1 unspecified atom stereocenters. The highest BCUT2D eigenvalue weighted by molar-refractivity contribution is 5.64. The number of nitrogens with zero attached hydrogens (tertiary/aromatic N) is 3. The van der Waals surface area contributed by atoms with Gasteiger partial charge in [-0.3, -0.25) is 9.59 Å². The van der Waals surface area contributed by atoms with E-state index in [0.717, 1.165) is 17.0 Å². The molecule has 9 nitrogen and oxygen atoms in total. The fourth-order valence-corrected chi connectivity index (χ4v) is 3.83. The second-order valence-corrected chi connectivity index (χ2v) is 8.64. The number of pyridine rings is 1. The number of aryl methyl sites for hydroxylation is 1. The average Bonchev–Trinajstić information content (AvgIpc) is 3.25. The Morgan fingerprint density at radius 2 is 1.89 bits per heavy atom. The van der Waals surface area contributed by atoms with E-state index in [-0.39, 0.29) is 12.0 Å². The minimum Gasteiger partial charge on any atom is -0.373 e. The van der Waals surface area contributed by atoms with E-state index in [1.54, 1.807) is 35.1 Å². The Morgan fingerprint density at radius 1 is 1.20 bits per heavy atom. The van der Waals surface area contributed by atoms with E-state index >= 15 is 0 Å². The Labute approximate surface area is 202 Å². The lowest BCUT2D eigenvalue weighted by Gasteiger charge is -2.35. The fourth-order valence-electron chi connectivity index (χ4n) is 3.83. The minimum atomic E-state index is -2.65. The van der Waals surface area contributed by atoms with Gasteiger partial charge in [-0.25, -0.2) is 13.8 Å². The maximum absolute atomic E-state index is 12.2. The zero-order chi connectivity index (χ0) is 25.3. The molecule has 35 heavy (non-hydrogen) atoms. The lowest BCUT2D eigenvalue weighted by atomic mass is 9.88. The monoisotopic (exact) mass is 489 g/mol. The summed E-state index contributed by atoms with van der Waals surface area (Å²) in [6.45, 7) is 1.94. The van der Waals surface area contributed by atoms with Crippen molar-refractivity contribution in [1.82, 2.24) is 24.9 Å². The molecule has 3 aromatic rings. The van der Waals surface area contributed by atoms with Crippen LogP contribution in [-0.4, -0.2) is 45.0 Å². The highest BCUT2D eigenvalue weighted by Gasteiger charge is 2.48. The Balaban J connectivity index is 0.000000187. The molecule has 0 spiro atoms. The summed E-state index contributed by atoms with van der Waals surface area (Å²) in [7, 11) is 1.81. The third kappa shape index (κ3) is 7.00. The highest BCUT2D eigenvalue weighted by Crippen LogP contribution is 2.37. The van der Waals surface area contributed by atoms with Crippen LogP contribution in [0.4, 0.5) is 26.1 Å². The van der Waals surface area contributed by atoms with E-state index in [2.05, 4.69) is 25.7 Å². The topological polar surface area (TPSA) is 116 Å². The third-order valence-electron chi connectivity index (χ3n) is 6.03. The maximum Gasteiger partial charge on any atom is 0.271 e. The first-order chi connectivity index (χ1) is 16.9. The molecule has 0 aliphatic heterocycles. The van der Waals surface area contributed by atoms with Crippen LogP contribution in [-0.2, 0) is 4.79 Å². The molecule has 1 amide bonds. The average molecular weight is 490 g/mol. The zero-order valence-electron chi connectivity index (χ0n) is 20.1. The first-order valence-corrected chi connectivity index (χ1v) is 11.9. The molecule has 2 saturated carbocycles. The van der Waals surface area contributed by atoms with Crippen molar-refractivity contribution in [3.8, 4) is 0 Å². The highest BCUT2D eigenvalue weighted by atomic mass is 19.3. The lowest BCUT2D eigenvalue weighted by molar-refractivity contribution is -0.126. The fraction of sp³-hybridized carbons (Fsp3) is 0.500. The van der Waals surface area contributed by atoms with Gasteiger partial charge in [0.2, 0.25) is 6.41 Å². The molecule has 4 N–H and O–H groups in total. The van der Waals surface area contributed by atoms with Crippen molar-refractivity contribution >= 4 is 29.4 Å². The number of hydrogen-bond acceptors (Lipinski definition) is 6. The molecule has 2 aliphatic rings. The number of fused-ring (bicyclic) bond motifs is 1. The second-order valence-electron chi connectivity index (χ2n) is 8.64. The number of rotatable bonds is 5. The standard InChI is InChI=1S/C13H14N6O.C6H12.C5H7F2NO/c1-8-7-16-19-11(14-2)6-10(18-12(8)19)17-9-4-3-5-15-13(9)20;1-2-4-6-5-3-1;6-5(7)2-1-4(5)8-3-9/h3-7,14H,1-2H3,(H,15,20)(H,17,18);1-6H2;3-4H,1-2H2,(H,8,9). The lowest BCUT2D eigenvalue weighted by Crippen LogP contribution is -2.52. The van der Waals surface area contributed by atoms with Gasteiger partial charge in [-0.2, -0.15) is 9.61 Å². The van der Waals surface area contributed by atoms with Crippen LogP contribution in [0.25, 0.3) is 5.65 Å². The van der Waals surface area contributed by atoms with Crippen molar-refractivity contribution in [2.45, 2.75) is 70.3 Å². The summed E-state index contributed by atoms with van der Waals surface area (Å²) in [5.74, 6) is -1.28. The maximum atomic E-state index is 12.2. The van der Waals surface area contributed by atoms with Gasteiger partial charge in [0, 0.05) is 31.3 Å². The molecule has 1 atom stereocenters. The Bertz CT molecular complexity index is 1150. The molecule has 3 heterocycles. The van der Waals surface area contributed by atoms with Crippen LogP contribution in [0.15, 0.2) is 35.4 Å². The number of hydrogen-bond donors (Lipinski definition) is 4. The van der Waals surface area contributed by atoms with Gasteiger partial charge in [-0.15, -0.1) is 0 Å². The van der Waals surface area contributed by atoms with Crippen LogP contribution >= 0.6 is 0 Å². The van der Waals surface area contributed by atoms with Gasteiger partial charge in [-0.1, -0.05) is 38.5 Å². The molecule has 0 radical (unpaired) electrons. The van der Waals surface area contributed by atoms with Crippen molar-refractivity contribution in [2.75, 3.05) is 17.7 Å². The third-order valence-corrected chi connectivity index (χ3v) is 6.03. The van der Waals surface area contributed by atoms with Crippen LogP contribution in [0.5, 0.6) is 0 Å². The van der Waals surface area contributed by atoms with Gasteiger partial charge in [0.25, 0.3) is 11.5 Å². The van der Waals surface area contributed by atoms with Crippen LogP contribution in [0.1, 0.15) is 56.9 Å². The summed E-state index contributed by atoms with van der Waals surface area (Å²) in [5, 5.41) is 12.4. The molecule has 2 fully saturated rings. The summed E-state index contributed by atoms with van der Waals surface area (Å²) in [5.41, 5.74) is 1.97. The predicted octanol–water partition coefficient (Wildman–Crippen LogP) is 4.38. The van der Waals surface area contributed by atoms with Crippen molar-refractivity contribution in [3.63, 3.8) is 0 Å². The largest absolute Gasteiger partial charge is 0.373 e. The number of aromatic amines is 1. The molecular formula is C24H33F2N7O2. The van der Waals surface area contributed by atoms with Crippen molar-refractivity contribution in [2.24, 2.45) is 0 Å². The Morgan fingerprint density at radius 3 is 2.37 bits per heavy atom.